The number of benzene rings is 3. The third-order valence-electron chi connectivity index (χ3n) is 9.22. The zero-order chi connectivity index (χ0) is 32.5. The molecule has 2 atom stereocenters. The number of hydrogen-bond donors (Lipinski definition) is 1. The lowest BCUT2D eigenvalue weighted by Crippen LogP contribution is -2.26. The van der Waals surface area contributed by atoms with Crippen molar-refractivity contribution in [2.45, 2.75) is 91.3 Å². The van der Waals surface area contributed by atoms with Crippen molar-refractivity contribution in [1.82, 2.24) is 9.88 Å². The van der Waals surface area contributed by atoms with Crippen LogP contribution in [-0.4, -0.2) is 29.7 Å². The van der Waals surface area contributed by atoms with E-state index in [-0.39, 0.29) is 23.1 Å². The highest BCUT2D eigenvalue weighted by Crippen LogP contribution is 2.35. The van der Waals surface area contributed by atoms with Crippen LogP contribution in [0, 0.1) is 18.7 Å². The molecular formula is C38H45FN2O4. The summed E-state index contributed by atoms with van der Waals surface area (Å²) in [4.78, 5) is 25.4. The lowest BCUT2D eigenvalue weighted by Gasteiger charge is -2.27. The standard InChI is InChI=1S/C38H45FN2O4/c1-23(28-12-15-30(16-13-28)38(4,5)6)40-36(42)29-14-17-31-32(24(2)41(34(31)21-29)22-26-9-8-10-26)19-27-11-18-33(39)35(20-27)45-25(3)37(43)44-7/h11-18,20-21,23,25-26H,8-10,19,22H2,1-7H3,(H,40,42)/t23-,25+/m0/s1. The topological polar surface area (TPSA) is 69.6 Å². The summed E-state index contributed by atoms with van der Waals surface area (Å²) in [5, 5.41) is 4.26. The monoisotopic (exact) mass is 612 g/mol. The van der Waals surface area contributed by atoms with Crippen molar-refractivity contribution in [1.29, 1.82) is 0 Å². The minimum atomic E-state index is -0.930. The summed E-state index contributed by atoms with van der Waals surface area (Å²) >= 11 is 0. The Labute approximate surface area is 265 Å². The second kappa shape index (κ2) is 13.1. The second-order valence-corrected chi connectivity index (χ2v) is 13.5. The molecule has 1 aromatic heterocycles. The van der Waals surface area contributed by atoms with Gasteiger partial charge in [-0.25, -0.2) is 9.18 Å². The van der Waals surface area contributed by atoms with Crippen LogP contribution in [0.5, 0.6) is 5.75 Å². The molecule has 0 saturated heterocycles. The zero-order valence-electron chi connectivity index (χ0n) is 27.5. The van der Waals surface area contributed by atoms with E-state index in [1.165, 1.54) is 44.9 Å². The molecule has 6 nitrogen and oxygen atoms in total. The maximum atomic E-state index is 14.6. The summed E-state index contributed by atoms with van der Waals surface area (Å²) in [6.07, 6.45) is 3.28. The molecule has 0 aliphatic heterocycles. The zero-order valence-corrected chi connectivity index (χ0v) is 27.5. The molecule has 238 valence electrons. The fourth-order valence-corrected chi connectivity index (χ4v) is 6.07. The smallest absolute Gasteiger partial charge is 0.346 e. The van der Waals surface area contributed by atoms with E-state index in [1.54, 1.807) is 12.1 Å². The van der Waals surface area contributed by atoms with Crippen LogP contribution in [0.25, 0.3) is 10.9 Å². The molecule has 1 heterocycles. The van der Waals surface area contributed by atoms with Gasteiger partial charge in [-0.2, -0.15) is 0 Å². The maximum Gasteiger partial charge on any atom is 0.346 e. The van der Waals surface area contributed by atoms with E-state index in [2.05, 4.69) is 61.8 Å². The molecule has 3 aromatic carbocycles. The van der Waals surface area contributed by atoms with E-state index in [9.17, 15) is 14.0 Å². The number of nitrogens with zero attached hydrogens (tertiary/aromatic N) is 1. The minimum Gasteiger partial charge on any atom is -0.476 e. The number of ether oxygens (including phenoxy) is 2. The van der Waals surface area contributed by atoms with E-state index in [1.807, 2.05) is 25.1 Å². The molecule has 1 aliphatic rings. The highest BCUT2D eigenvalue weighted by atomic mass is 19.1. The van der Waals surface area contributed by atoms with Gasteiger partial charge in [-0.1, -0.05) is 63.6 Å². The average molecular weight is 613 g/mol. The van der Waals surface area contributed by atoms with Crippen LogP contribution in [-0.2, 0) is 27.9 Å². The Morgan fingerprint density at radius 2 is 1.73 bits per heavy atom. The predicted molar refractivity (Wildman–Crippen MR) is 176 cm³/mol. The highest BCUT2D eigenvalue weighted by Gasteiger charge is 2.24. The van der Waals surface area contributed by atoms with Gasteiger partial charge in [0.25, 0.3) is 5.91 Å². The first-order valence-electron chi connectivity index (χ1n) is 15.9. The maximum absolute atomic E-state index is 14.6. The number of carbonyl (C=O) groups excluding carboxylic acids is 2. The number of carbonyl (C=O) groups is 2. The number of halogens is 1. The van der Waals surface area contributed by atoms with Crippen molar-refractivity contribution in [3.05, 3.63) is 100.0 Å². The Morgan fingerprint density at radius 3 is 2.36 bits per heavy atom. The van der Waals surface area contributed by atoms with Crippen molar-refractivity contribution in [3.63, 3.8) is 0 Å². The first-order chi connectivity index (χ1) is 21.3. The van der Waals surface area contributed by atoms with Crippen LogP contribution in [0.15, 0.2) is 60.7 Å². The fraction of sp³-hybridized carbons (Fsp3) is 0.421. The molecule has 0 unspecified atom stereocenters. The first-order valence-corrected chi connectivity index (χ1v) is 15.9. The minimum absolute atomic E-state index is 0.0161. The number of rotatable bonds is 10. The number of methoxy groups -OCH3 is 1. The first kappa shape index (κ1) is 32.3. The molecular weight excluding hydrogens is 567 g/mol. The number of amides is 1. The van der Waals surface area contributed by atoms with Crippen molar-refractivity contribution in [2.75, 3.05) is 7.11 Å². The van der Waals surface area contributed by atoms with Crippen LogP contribution < -0.4 is 10.1 Å². The third-order valence-corrected chi connectivity index (χ3v) is 9.22. The van der Waals surface area contributed by atoms with Crippen LogP contribution >= 0.6 is 0 Å². The van der Waals surface area contributed by atoms with Gasteiger partial charge in [0.15, 0.2) is 17.7 Å². The lowest BCUT2D eigenvalue weighted by molar-refractivity contribution is -0.148. The summed E-state index contributed by atoms with van der Waals surface area (Å²) < 4.78 is 27.3. The Hall–Kier alpha value is -4.13. The Balaban J connectivity index is 1.42. The van der Waals surface area contributed by atoms with Gasteiger partial charge in [-0.15, -0.1) is 0 Å². The third kappa shape index (κ3) is 7.08. The van der Waals surface area contributed by atoms with Crippen LogP contribution in [0.2, 0.25) is 0 Å². The summed E-state index contributed by atoms with van der Waals surface area (Å²) in [5.41, 5.74) is 7.17. The van der Waals surface area contributed by atoms with Gasteiger partial charge >= 0.3 is 5.97 Å². The summed E-state index contributed by atoms with van der Waals surface area (Å²) in [5.74, 6) is -0.579. The molecule has 1 amide bonds. The van der Waals surface area contributed by atoms with E-state index in [0.29, 0.717) is 17.9 Å². The van der Waals surface area contributed by atoms with Gasteiger partial charge in [0.2, 0.25) is 0 Å². The number of aromatic nitrogens is 1. The van der Waals surface area contributed by atoms with Crippen LogP contribution in [0.3, 0.4) is 0 Å². The number of esters is 1. The Morgan fingerprint density at radius 1 is 1.02 bits per heavy atom. The quantitative estimate of drug-likeness (QED) is 0.183. The molecule has 1 fully saturated rings. The molecule has 0 bridgehead atoms. The Bertz CT molecular complexity index is 1700. The number of nitrogens with one attached hydrogen (secondary N) is 1. The molecule has 4 aromatic rings. The molecule has 0 spiro atoms. The number of fused-ring (bicyclic) bond motifs is 1. The SMILES string of the molecule is COC(=O)[C@@H](C)Oc1cc(Cc2c(C)n(CC3CCC3)c3cc(C(=O)N[C@@H](C)c4ccc(C(C)(C)C)cc4)ccc23)ccc1F. The van der Waals surface area contributed by atoms with Gasteiger partial charge in [0, 0.05) is 28.7 Å². The van der Waals surface area contributed by atoms with Gasteiger partial charge in [-0.05, 0) is 97.9 Å². The lowest BCUT2D eigenvalue weighted by atomic mass is 9.85. The molecule has 45 heavy (non-hydrogen) atoms. The molecule has 1 aliphatic carbocycles. The molecule has 1 N–H and O–H groups in total. The van der Waals surface area contributed by atoms with Crippen LogP contribution in [0.4, 0.5) is 4.39 Å². The van der Waals surface area contributed by atoms with Gasteiger partial charge in [0.1, 0.15) is 0 Å². The Kier molecular flexibility index (Phi) is 9.38. The van der Waals surface area contributed by atoms with Crippen molar-refractivity contribution >= 4 is 22.8 Å². The number of hydrogen-bond acceptors (Lipinski definition) is 4. The fourth-order valence-electron chi connectivity index (χ4n) is 6.07. The second-order valence-electron chi connectivity index (χ2n) is 13.5. The summed E-state index contributed by atoms with van der Waals surface area (Å²) in [7, 11) is 1.28. The largest absolute Gasteiger partial charge is 0.476 e. The van der Waals surface area contributed by atoms with Gasteiger partial charge < -0.3 is 19.4 Å². The predicted octanol–water partition coefficient (Wildman–Crippen LogP) is 8.21. The molecule has 5 rings (SSSR count). The van der Waals surface area contributed by atoms with Crippen molar-refractivity contribution in [3.8, 4) is 5.75 Å². The molecule has 0 radical (unpaired) electrons. The van der Waals surface area contributed by atoms with Crippen molar-refractivity contribution < 1.29 is 23.5 Å². The van der Waals surface area contributed by atoms with Gasteiger partial charge in [0.05, 0.1) is 13.2 Å². The van der Waals surface area contributed by atoms with E-state index in [0.717, 1.165) is 39.8 Å². The van der Waals surface area contributed by atoms with E-state index < -0.39 is 17.9 Å². The molecule has 1 saturated carbocycles. The summed E-state index contributed by atoms with van der Waals surface area (Å²) in [6.45, 7) is 13.1. The van der Waals surface area contributed by atoms with Crippen molar-refractivity contribution in [2.24, 2.45) is 5.92 Å². The summed E-state index contributed by atoms with van der Waals surface area (Å²) in [6, 6.07) is 19.0. The normalized spacial score (nSPS) is 14.9. The van der Waals surface area contributed by atoms with Gasteiger partial charge in [-0.3, -0.25) is 4.79 Å². The van der Waals surface area contributed by atoms with Crippen LogP contribution in [0.1, 0.15) is 98.2 Å². The highest BCUT2D eigenvalue weighted by molar-refractivity contribution is 5.99. The molecule has 7 heteroatoms. The van der Waals surface area contributed by atoms with E-state index >= 15 is 0 Å². The van der Waals surface area contributed by atoms with E-state index in [4.69, 9.17) is 9.47 Å². The average Bonchev–Trinajstić information content (AvgIpc) is 3.24.